The second-order valence-corrected chi connectivity index (χ2v) is 6.54. The zero-order chi connectivity index (χ0) is 17.0. The minimum atomic E-state index is -0.702. The Morgan fingerprint density at radius 2 is 0.913 bits per heavy atom. The molecule has 2 saturated carbocycles. The molecule has 2 aliphatic carbocycles. The van der Waals surface area contributed by atoms with E-state index in [0.717, 1.165) is 25.7 Å². The van der Waals surface area contributed by atoms with E-state index in [9.17, 15) is 19.2 Å². The highest BCUT2D eigenvalue weighted by Crippen LogP contribution is 2.33. The first kappa shape index (κ1) is 17.4. The van der Waals surface area contributed by atoms with Crippen molar-refractivity contribution >= 4 is 23.8 Å². The van der Waals surface area contributed by atoms with Crippen molar-refractivity contribution in [2.45, 2.75) is 51.4 Å². The fraction of sp³-hybridized carbons (Fsp3) is 0.750. The van der Waals surface area contributed by atoms with Crippen LogP contribution in [0, 0.1) is 23.7 Å². The smallest absolute Gasteiger partial charge is 0.317 e. The summed E-state index contributed by atoms with van der Waals surface area (Å²) in [6.45, 7) is 0. The lowest BCUT2D eigenvalue weighted by Crippen LogP contribution is -2.41. The normalized spacial score (nSPS) is 31.1. The van der Waals surface area contributed by atoms with Crippen molar-refractivity contribution in [3.8, 4) is 0 Å². The van der Waals surface area contributed by atoms with Gasteiger partial charge in [0.15, 0.2) is 0 Å². The van der Waals surface area contributed by atoms with Gasteiger partial charge in [-0.15, -0.1) is 0 Å². The van der Waals surface area contributed by atoms with E-state index in [1.54, 1.807) is 0 Å². The Bertz CT molecular complexity index is 461. The maximum atomic E-state index is 12.3. The van der Waals surface area contributed by atoms with E-state index in [4.69, 9.17) is 16.2 Å². The van der Waals surface area contributed by atoms with E-state index in [1.165, 1.54) is 0 Å². The van der Waals surface area contributed by atoms with Crippen molar-refractivity contribution < 1.29 is 23.9 Å². The molecule has 0 aromatic heterocycles. The van der Waals surface area contributed by atoms with Crippen molar-refractivity contribution in [2.75, 3.05) is 0 Å². The van der Waals surface area contributed by atoms with E-state index in [1.807, 2.05) is 0 Å². The first-order valence-corrected chi connectivity index (χ1v) is 8.26. The monoisotopic (exact) mass is 324 g/mol. The number of esters is 2. The Hall–Kier alpha value is -1.92. The van der Waals surface area contributed by atoms with Crippen LogP contribution in [0.5, 0.6) is 0 Å². The number of primary amides is 2. The molecule has 0 aliphatic heterocycles. The molecule has 0 heterocycles. The van der Waals surface area contributed by atoms with Crippen molar-refractivity contribution in [2.24, 2.45) is 35.1 Å². The van der Waals surface area contributed by atoms with Gasteiger partial charge in [-0.3, -0.25) is 19.2 Å². The number of rotatable bonds is 4. The van der Waals surface area contributed by atoms with E-state index < -0.39 is 47.4 Å². The number of ether oxygens (including phenoxy) is 1. The third-order valence-electron chi connectivity index (χ3n) is 5.07. The highest BCUT2D eigenvalue weighted by atomic mass is 16.6. The Morgan fingerprint density at radius 3 is 1.22 bits per heavy atom. The van der Waals surface area contributed by atoms with Gasteiger partial charge >= 0.3 is 11.9 Å². The molecule has 0 aromatic carbocycles. The Labute approximate surface area is 135 Å². The van der Waals surface area contributed by atoms with Crippen LogP contribution in [0.25, 0.3) is 0 Å². The topological polar surface area (TPSA) is 130 Å². The van der Waals surface area contributed by atoms with Gasteiger partial charge in [-0.1, -0.05) is 25.7 Å². The molecule has 23 heavy (non-hydrogen) atoms. The van der Waals surface area contributed by atoms with Crippen LogP contribution in [-0.4, -0.2) is 23.8 Å². The molecule has 0 spiro atoms. The summed E-state index contributed by atoms with van der Waals surface area (Å²) in [5.74, 6) is -4.97. The molecule has 0 saturated heterocycles. The van der Waals surface area contributed by atoms with Gasteiger partial charge in [0, 0.05) is 0 Å². The number of amides is 2. The van der Waals surface area contributed by atoms with E-state index >= 15 is 0 Å². The summed E-state index contributed by atoms with van der Waals surface area (Å²) in [6.07, 6.45) is 5.31. The summed E-state index contributed by atoms with van der Waals surface area (Å²) in [5, 5.41) is 0. The van der Waals surface area contributed by atoms with Crippen LogP contribution >= 0.6 is 0 Å². The van der Waals surface area contributed by atoms with Crippen LogP contribution in [0.2, 0.25) is 0 Å². The summed E-state index contributed by atoms with van der Waals surface area (Å²) < 4.78 is 5.00. The third kappa shape index (κ3) is 4.09. The summed E-state index contributed by atoms with van der Waals surface area (Å²) in [7, 11) is 0. The molecule has 2 fully saturated rings. The second-order valence-electron chi connectivity index (χ2n) is 6.54. The number of carbonyl (C=O) groups is 4. The van der Waals surface area contributed by atoms with Crippen molar-refractivity contribution in [1.29, 1.82) is 0 Å². The molecule has 2 amide bonds. The SMILES string of the molecule is NC(=O)C1CCCCC1C(=O)OC(=O)C1CCCCC1C(N)=O. The maximum Gasteiger partial charge on any atom is 0.317 e. The first-order valence-electron chi connectivity index (χ1n) is 8.26. The number of nitrogens with two attached hydrogens (primary N) is 2. The molecular formula is C16H24N2O5. The first-order chi connectivity index (χ1) is 10.9. The quantitative estimate of drug-likeness (QED) is 0.579. The van der Waals surface area contributed by atoms with Crippen molar-refractivity contribution in [1.82, 2.24) is 0 Å². The fourth-order valence-corrected chi connectivity index (χ4v) is 3.76. The van der Waals surface area contributed by atoms with Gasteiger partial charge in [-0.25, -0.2) is 0 Å². The lowest BCUT2D eigenvalue weighted by molar-refractivity contribution is -0.171. The van der Waals surface area contributed by atoms with Gasteiger partial charge in [0.05, 0.1) is 23.7 Å². The molecule has 0 bridgehead atoms. The van der Waals surface area contributed by atoms with Crippen molar-refractivity contribution in [3.63, 3.8) is 0 Å². The Balaban J connectivity index is 2.01. The van der Waals surface area contributed by atoms with Crippen LogP contribution in [0.4, 0.5) is 0 Å². The molecule has 4 unspecified atom stereocenters. The molecular weight excluding hydrogens is 300 g/mol. The molecule has 0 radical (unpaired) electrons. The molecule has 4 N–H and O–H groups in total. The van der Waals surface area contributed by atoms with Gasteiger partial charge in [-0.2, -0.15) is 0 Å². The largest absolute Gasteiger partial charge is 0.393 e. The summed E-state index contributed by atoms with van der Waals surface area (Å²) >= 11 is 0. The standard InChI is InChI=1S/C16H24N2O5/c17-13(19)9-5-1-3-7-11(9)15(21)23-16(22)12-8-4-2-6-10(12)14(18)20/h9-12H,1-8H2,(H2,17,19)(H2,18,20). The number of hydrogen-bond acceptors (Lipinski definition) is 5. The lowest BCUT2D eigenvalue weighted by Gasteiger charge is -2.30. The molecule has 128 valence electrons. The van der Waals surface area contributed by atoms with Crippen LogP contribution in [0.15, 0.2) is 0 Å². The highest BCUT2D eigenvalue weighted by Gasteiger charge is 2.40. The zero-order valence-electron chi connectivity index (χ0n) is 13.2. The minimum absolute atomic E-state index is 0.490. The Kier molecular flexibility index (Phi) is 5.74. The van der Waals surface area contributed by atoms with Crippen LogP contribution in [-0.2, 0) is 23.9 Å². The average molecular weight is 324 g/mol. The lowest BCUT2D eigenvalue weighted by atomic mass is 9.78. The average Bonchev–Trinajstić information content (AvgIpc) is 2.54. The molecule has 2 rings (SSSR count). The molecule has 4 atom stereocenters. The molecule has 0 aromatic rings. The number of carbonyl (C=O) groups excluding carboxylic acids is 4. The van der Waals surface area contributed by atoms with Crippen LogP contribution in [0.1, 0.15) is 51.4 Å². The third-order valence-corrected chi connectivity index (χ3v) is 5.07. The van der Waals surface area contributed by atoms with Crippen LogP contribution < -0.4 is 11.5 Å². The highest BCUT2D eigenvalue weighted by molar-refractivity contribution is 5.93. The molecule has 2 aliphatic rings. The Morgan fingerprint density at radius 1 is 0.609 bits per heavy atom. The molecule has 7 nitrogen and oxygen atoms in total. The van der Waals surface area contributed by atoms with Gasteiger partial charge < -0.3 is 16.2 Å². The fourth-order valence-electron chi connectivity index (χ4n) is 3.76. The summed E-state index contributed by atoms with van der Waals surface area (Å²) in [4.78, 5) is 47.5. The summed E-state index contributed by atoms with van der Waals surface area (Å²) in [5.41, 5.74) is 10.7. The van der Waals surface area contributed by atoms with E-state index in [2.05, 4.69) is 0 Å². The van der Waals surface area contributed by atoms with Crippen LogP contribution in [0.3, 0.4) is 0 Å². The number of hydrogen-bond donors (Lipinski definition) is 2. The van der Waals surface area contributed by atoms with Gasteiger partial charge in [0.25, 0.3) is 0 Å². The van der Waals surface area contributed by atoms with E-state index in [0.29, 0.717) is 25.7 Å². The van der Waals surface area contributed by atoms with Crippen molar-refractivity contribution in [3.05, 3.63) is 0 Å². The van der Waals surface area contributed by atoms with Gasteiger partial charge in [-0.05, 0) is 25.7 Å². The zero-order valence-corrected chi connectivity index (χ0v) is 13.2. The van der Waals surface area contributed by atoms with Gasteiger partial charge in [0.1, 0.15) is 0 Å². The minimum Gasteiger partial charge on any atom is -0.393 e. The van der Waals surface area contributed by atoms with Gasteiger partial charge in [0.2, 0.25) is 11.8 Å². The predicted octanol–water partition coefficient (Wildman–Crippen LogP) is 0.640. The maximum absolute atomic E-state index is 12.3. The molecule has 7 heteroatoms. The summed E-state index contributed by atoms with van der Waals surface area (Å²) in [6, 6.07) is 0. The predicted molar refractivity (Wildman–Crippen MR) is 80.4 cm³/mol. The van der Waals surface area contributed by atoms with E-state index in [-0.39, 0.29) is 0 Å². The second kappa shape index (κ2) is 7.57.